The molecule has 1 rings (SSSR count). The molecule has 1 fully saturated rings. The molecule has 0 bridgehead atoms. The minimum absolute atomic E-state index is 0.0588. The largest absolute Gasteiger partial charge is 0.360 e. The van der Waals surface area contributed by atoms with E-state index in [1.807, 2.05) is 6.92 Å². The molecule has 1 heterocycles. The third-order valence-electron chi connectivity index (χ3n) is 1.45. The van der Waals surface area contributed by atoms with Crippen molar-refractivity contribution in [3.63, 3.8) is 0 Å². The van der Waals surface area contributed by atoms with Crippen LogP contribution in [0.4, 0.5) is 0 Å². The molecular formula is C5H11NO3S. The molecule has 1 aliphatic rings. The standard InChI is InChI=1S/C5H11NO3S/c1-2-5-3-6-10(7,8)4-9-5/h5-6H,2-4H2,1H3. The highest BCUT2D eigenvalue weighted by Gasteiger charge is 2.21. The zero-order chi connectivity index (χ0) is 7.61. The summed E-state index contributed by atoms with van der Waals surface area (Å²) in [6.45, 7) is 2.38. The Morgan fingerprint density at radius 3 is 2.80 bits per heavy atom. The highest BCUT2D eigenvalue weighted by atomic mass is 32.2. The second kappa shape index (κ2) is 2.86. The summed E-state index contributed by atoms with van der Waals surface area (Å²) in [6, 6.07) is 0. The van der Waals surface area contributed by atoms with E-state index in [-0.39, 0.29) is 12.0 Å². The minimum Gasteiger partial charge on any atom is -0.360 e. The van der Waals surface area contributed by atoms with Gasteiger partial charge in [0.15, 0.2) is 5.94 Å². The smallest absolute Gasteiger partial charge is 0.235 e. The molecule has 10 heavy (non-hydrogen) atoms. The Morgan fingerprint density at radius 1 is 1.70 bits per heavy atom. The molecule has 0 aliphatic carbocycles. The lowest BCUT2D eigenvalue weighted by Gasteiger charge is -2.21. The Balaban J connectivity index is 2.46. The van der Waals surface area contributed by atoms with E-state index in [1.165, 1.54) is 0 Å². The quantitative estimate of drug-likeness (QED) is 0.579. The molecule has 1 N–H and O–H groups in total. The van der Waals surface area contributed by atoms with Crippen LogP contribution in [0.1, 0.15) is 13.3 Å². The SMILES string of the molecule is CCC1CNS(=O)(=O)CO1. The molecule has 0 saturated carbocycles. The fourth-order valence-electron chi connectivity index (χ4n) is 0.768. The van der Waals surface area contributed by atoms with Crippen LogP contribution in [0, 0.1) is 0 Å². The molecule has 1 atom stereocenters. The number of rotatable bonds is 1. The van der Waals surface area contributed by atoms with Gasteiger partial charge in [0.25, 0.3) is 0 Å². The first kappa shape index (κ1) is 7.97. The average Bonchev–Trinajstić information content (AvgIpc) is 1.88. The molecule has 0 amide bonds. The molecule has 1 unspecified atom stereocenters. The van der Waals surface area contributed by atoms with Crippen molar-refractivity contribution < 1.29 is 13.2 Å². The monoisotopic (exact) mass is 165 g/mol. The third kappa shape index (κ3) is 1.93. The number of ether oxygens (including phenoxy) is 1. The Kier molecular flexibility index (Phi) is 2.28. The summed E-state index contributed by atoms with van der Waals surface area (Å²) >= 11 is 0. The number of nitrogens with one attached hydrogen (secondary N) is 1. The van der Waals surface area contributed by atoms with Gasteiger partial charge in [0.1, 0.15) is 0 Å². The van der Waals surface area contributed by atoms with Crippen molar-refractivity contribution in [2.24, 2.45) is 0 Å². The van der Waals surface area contributed by atoms with Crippen molar-refractivity contribution in [1.29, 1.82) is 0 Å². The Morgan fingerprint density at radius 2 is 2.40 bits per heavy atom. The van der Waals surface area contributed by atoms with E-state index in [1.54, 1.807) is 0 Å². The molecule has 0 spiro atoms. The summed E-state index contributed by atoms with van der Waals surface area (Å²) in [4.78, 5) is 0. The predicted molar refractivity (Wildman–Crippen MR) is 37.0 cm³/mol. The zero-order valence-corrected chi connectivity index (χ0v) is 6.65. The van der Waals surface area contributed by atoms with Crippen LogP contribution in [0.25, 0.3) is 0 Å². The lowest BCUT2D eigenvalue weighted by molar-refractivity contribution is 0.0752. The molecule has 0 aromatic carbocycles. The molecular weight excluding hydrogens is 154 g/mol. The van der Waals surface area contributed by atoms with Gasteiger partial charge in [0.2, 0.25) is 10.0 Å². The van der Waals surface area contributed by atoms with Crippen molar-refractivity contribution in [1.82, 2.24) is 4.72 Å². The number of hydrogen-bond acceptors (Lipinski definition) is 3. The van der Waals surface area contributed by atoms with Crippen LogP contribution in [-0.4, -0.2) is 27.0 Å². The Labute approximate surface area is 60.6 Å². The summed E-state index contributed by atoms with van der Waals surface area (Å²) in [7, 11) is -3.10. The maximum absolute atomic E-state index is 10.7. The molecule has 1 saturated heterocycles. The van der Waals surface area contributed by atoms with Crippen molar-refractivity contribution in [2.45, 2.75) is 19.4 Å². The van der Waals surface area contributed by atoms with Crippen molar-refractivity contribution in [2.75, 3.05) is 12.5 Å². The summed E-state index contributed by atoms with van der Waals surface area (Å²) in [5.74, 6) is -0.189. The maximum Gasteiger partial charge on any atom is 0.235 e. The van der Waals surface area contributed by atoms with E-state index >= 15 is 0 Å². The van der Waals surface area contributed by atoms with Crippen molar-refractivity contribution >= 4 is 10.0 Å². The van der Waals surface area contributed by atoms with Crippen LogP contribution in [0.2, 0.25) is 0 Å². The normalized spacial score (nSPS) is 31.9. The van der Waals surface area contributed by atoms with Gasteiger partial charge in [-0.3, -0.25) is 0 Å². The van der Waals surface area contributed by atoms with Gasteiger partial charge in [-0.05, 0) is 6.42 Å². The van der Waals surface area contributed by atoms with E-state index in [2.05, 4.69) is 4.72 Å². The maximum atomic E-state index is 10.7. The third-order valence-corrected chi connectivity index (χ3v) is 2.50. The number of hydrogen-bond donors (Lipinski definition) is 1. The molecule has 60 valence electrons. The van der Waals surface area contributed by atoms with Gasteiger partial charge in [-0.2, -0.15) is 0 Å². The summed E-state index contributed by atoms with van der Waals surface area (Å²) in [5, 5.41) is 0. The highest BCUT2D eigenvalue weighted by molar-refractivity contribution is 7.89. The van der Waals surface area contributed by atoms with Gasteiger partial charge in [-0.1, -0.05) is 6.92 Å². The van der Waals surface area contributed by atoms with Crippen molar-refractivity contribution in [3.05, 3.63) is 0 Å². The van der Waals surface area contributed by atoms with Gasteiger partial charge < -0.3 is 4.74 Å². The fraction of sp³-hybridized carbons (Fsp3) is 1.00. The Bertz CT molecular complexity index is 185. The first-order valence-electron chi connectivity index (χ1n) is 3.23. The topological polar surface area (TPSA) is 55.4 Å². The summed E-state index contributed by atoms with van der Waals surface area (Å²) in [6.07, 6.45) is 0.909. The molecule has 1 aliphatic heterocycles. The second-order valence-electron chi connectivity index (χ2n) is 2.28. The lowest BCUT2D eigenvalue weighted by atomic mass is 10.3. The molecule has 0 radical (unpaired) electrons. The molecule has 0 aromatic rings. The van der Waals surface area contributed by atoms with Crippen molar-refractivity contribution in [3.8, 4) is 0 Å². The van der Waals surface area contributed by atoms with E-state index in [4.69, 9.17) is 4.74 Å². The van der Waals surface area contributed by atoms with Gasteiger partial charge in [0.05, 0.1) is 6.10 Å². The average molecular weight is 165 g/mol. The Hall–Kier alpha value is -0.130. The van der Waals surface area contributed by atoms with Crippen LogP contribution >= 0.6 is 0 Å². The van der Waals surface area contributed by atoms with E-state index < -0.39 is 10.0 Å². The zero-order valence-electron chi connectivity index (χ0n) is 5.83. The minimum atomic E-state index is -3.10. The predicted octanol–water partition coefficient (Wildman–Crippen LogP) is -0.328. The highest BCUT2D eigenvalue weighted by Crippen LogP contribution is 2.04. The summed E-state index contributed by atoms with van der Waals surface area (Å²) in [5.41, 5.74) is 0. The first-order chi connectivity index (χ1) is 4.64. The van der Waals surface area contributed by atoms with Gasteiger partial charge in [-0.25, -0.2) is 13.1 Å². The summed E-state index contributed by atoms with van der Waals surface area (Å²) < 4.78 is 28.8. The van der Waals surface area contributed by atoms with E-state index in [0.717, 1.165) is 6.42 Å². The van der Waals surface area contributed by atoms with Crippen LogP contribution in [0.5, 0.6) is 0 Å². The van der Waals surface area contributed by atoms with Crippen LogP contribution < -0.4 is 4.72 Å². The van der Waals surface area contributed by atoms with Crippen LogP contribution in [0.3, 0.4) is 0 Å². The van der Waals surface area contributed by atoms with E-state index in [0.29, 0.717) is 6.54 Å². The molecule has 4 nitrogen and oxygen atoms in total. The molecule has 5 heteroatoms. The van der Waals surface area contributed by atoms with Crippen LogP contribution in [0.15, 0.2) is 0 Å². The van der Waals surface area contributed by atoms with E-state index in [9.17, 15) is 8.42 Å². The first-order valence-corrected chi connectivity index (χ1v) is 4.88. The van der Waals surface area contributed by atoms with Gasteiger partial charge in [0, 0.05) is 6.54 Å². The lowest BCUT2D eigenvalue weighted by Crippen LogP contribution is -2.42. The second-order valence-corrected chi connectivity index (χ2v) is 4.03. The van der Waals surface area contributed by atoms with Crippen LogP contribution in [-0.2, 0) is 14.8 Å². The number of sulfonamides is 1. The molecule has 0 aromatic heterocycles. The fourth-order valence-corrected chi connectivity index (χ4v) is 1.66. The van der Waals surface area contributed by atoms with Gasteiger partial charge in [-0.15, -0.1) is 0 Å². The van der Waals surface area contributed by atoms with Gasteiger partial charge >= 0.3 is 0 Å².